The summed E-state index contributed by atoms with van der Waals surface area (Å²) in [6.45, 7) is 3.64. The molecule has 2 fully saturated rings. The van der Waals surface area contributed by atoms with Crippen molar-refractivity contribution in [1.82, 2.24) is 19.2 Å². The Morgan fingerprint density at radius 1 is 1.17 bits per heavy atom. The number of aromatic nitrogens is 3. The second kappa shape index (κ2) is 9.75. The topological polar surface area (TPSA) is 107 Å². The number of nitrogens with zero attached hydrogens (tertiary/aromatic N) is 4. The van der Waals surface area contributed by atoms with Gasteiger partial charge in [-0.15, -0.1) is 0 Å². The highest BCUT2D eigenvalue weighted by molar-refractivity contribution is 6.30. The molecular weight excluding hydrogens is 493 g/mol. The third kappa shape index (κ3) is 6.11. The minimum absolute atomic E-state index is 0.273. The van der Waals surface area contributed by atoms with Crippen LogP contribution in [0.2, 0.25) is 5.02 Å². The summed E-state index contributed by atoms with van der Waals surface area (Å²) in [6, 6.07) is 7.85. The van der Waals surface area contributed by atoms with Crippen LogP contribution in [-0.2, 0) is 35.8 Å². The molecule has 9 nitrogen and oxygen atoms in total. The summed E-state index contributed by atoms with van der Waals surface area (Å²) in [4.78, 5) is 36.4. The normalized spacial score (nSPS) is 21.9. The van der Waals surface area contributed by atoms with Gasteiger partial charge in [-0.2, -0.15) is 18.3 Å². The fourth-order valence-corrected chi connectivity index (χ4v) is 4.36. The molecule has 0 radical (unpaired) electrons. The zero-order valence-corrected chi connectivity index (χ0v) is 19.4. The van der Waals surface area contributed by atoms with Gasteiger partial charge in [0.15, 0.2) is 5.82 Å². The van der Waals surface area contributed by atoms with Gasteiger partial charge in [0, 0.05) is 31.2 Å². The molecule has 3 aliphatic rings. The van der Waals surface area contributed by atoms with Crippen molar-refractivity contribution in [2.24, 2.45) is 5.92 Å². The summed E-state index contributed by atoms with van der Waals surface area (Å²) in [7, 11) is 0. The Balaban J connectivity index is 0.000000364. The molecule has 2 aromatic rings. The number of fused-ring (bicyclic) bond motifs is 1. The number of benzene rings is 1. The van der Waals surface area contributed by atoms with Crippen LogP contribution in [0.15, 0.2) is 33.9 Å². The quantitative estimate of drug-likeness (QED) is 0.621. The standard InChI is InChI=1S/C20H23ClN4O3.C2HF3O2/c21-16-5-3-14(4-6-16)9-23-8-7-20(12-23)13-24-17(11-28-20)22-25(10-15-1-2-15)19(27)18(24)26;3-2(4,5)1(6)7/h3-6,15H,1-2,7-13H2;(H,6,7). The predicted octanol–water partition coefficient (Wildman–Crippen LogP) is 2.28. The van der Waals surface area contributed by atoms with Gasteiger partial charge in [0.2, 0.25) is 0 Å². The van der Waals surface area contributed by atoms with Crippen LogP contribution in [0.1, 0.15) is 30.7 Å². The summed E-state index contributed by atoms with van der Waals surface area (Å²) in [5, 5.41) is 12.3. The Hall–Kier alpha value is -2.70. The van der Waals surface area contributed by atoms with Gasteiger partial charge in [-0.05, 0) is 42.9 Å². The summed E-state index contributed by atoms with van der Waals surface area (Å²) in [5.74, 6) is -1.71. The highest BCUT2D eigenvalue weighted by Gasteiger charge is 2.43. The van der Waals surface area contributed by atoms with Crippen molar-refractivity contribution >= 4 is 17.6 Å². The van der Waals surface area contributed by atoms with Gasteiger partial charge in [-0.3, -0.25) is 19.1 Å². The average molecular weight is 517 g/mol. The number of hydrogen-bond acceptors (Lipinski definition) is 6. The molecule has 0 amide bonds. The van der Waals surface area contributed by atoms with E-state index in [4.69, 9.17) is 26.2 Å². The first kappa shape index (κ1) is 25.4. The molecule has 1 aromatic carbocycles. The van der Waals surface area contributed by atoms with E-state index in [9.17, 15) is 22.8 Å². The van der Waals surface area contributed by atoms with Crippen LogP contribution < -0.4 is 11.1 Å². The van der Waals surface area contributed by atoms with Crippen molar-refractivity contribution < 1.29 is 27.8 Å². The highest BCUT2D eigenvalue weighted by Crippen LogP contribution is 2.32. The first-order chi connectivity index (χ1) is 16.5. The number of halogens is 4. The molecule has 1 aliphatic carbocycles. The second-order valence-corrected chi connectivity index (χ2v) is 9.54. The molecule has 1 spiro atoms. The smallest absolute Gasteiger partial charge is 0.475 e. The maximum atomic E-state index is 12.7. The highest BCUT2D eigenvalue weighted by atomic mass is 35.5. The lowest BCUT2D eigenvalue weighted by Gasteiger charge is -2.35. The molecule has 1 N–H and O–H groups in total. The van der Waals surface area contributed by atoms with E-state index in [0.717, 1.165) is 43.9 Å². The van der Waals surface area contributed by atoms with Gasteiger partial charge in [0.1, 0.15) is 12.2 Å². The van der Waals surface area contributed by atoms with Crippen LogP contribution >= 0.6 is 11.6 Å². The number of hydrogen-bond donors (Lipinski definition) is 1. The van der Waals surface area contributed by atoms with Crippen LogP contribution in [0, 0.1) is 5.92 Å². The van der Waals surface area contributed by atoms with Crippen LogP contribution in [0.4, 0.5) is 13.2 Å². The number of aliphatic carboxylic acids is 1. The lowest BCUT2D eigenvalue weighted by Crippen LogP contribution is -2.53. The van der Waals surface area contributed by atoms with Gasteiger partial charge in [-0.25, -0.2) is 9.48 Å². The molecule has 1 aromatic heterocycles. The molecule has 1 atom stereocenters. The van der Waals surface area contributed by atoms with Crippen molar-refractivity contribution in [1.29, 1.82) is 0 Å². The maximum Gasteiger partial charge on any atom is 0.490 e. The number of likely N-dealkylation sites (tertiary alicyclic amines) is 1. The van der Waals surface area contributed by atoms with Gasteiger partial charge in [-0.1, -0.05) is 23.7 Å². The van der Waals surface area contributed by atoms with Crippen LogP contribution in [0.5, 0.6) is 0 Å². The van der Waals surface area contributed by atoms with Crippen molar-refractivity contribution in [2.75, 3.05) is 13.1 Å². The van der Waals surface area contributed by atoms with Crippen molar-refractivity contribution in [3.63, 3.8) is 0 Å². The fraction of sp³-hybridized carbons (Fsp3) is 0.545. The fourth-order valence-electron chi connectivity index (χ4n) is 4.23. The van der Waals surface area contributed by atoms with Gasteiger partial charge >= 0.3 is 23.3 Å². The van der Waals surface area contributed by atoms with E-state index in [1.54, 1.807) is 4.57 Å². The number of carbonyl (C=O) groups is 1. The van der Waals surface area contributed by atoms with E-state index in [-0.39, 0.29) is 6.61 Å². The van der Waals surface area contributed by atoms with E-state index >= 15 is 0 Å². The monoisotopic (exact) mass is 516 g/mol. The number of rotatable bonds is 4. The Morgan fingerprint density at radius 2 is 1.83 bits per heavy atom. The zero-order valence-electron chi connectivity index (χ0n) is 18.6. The number of carboxylic acid groups (broad SMARTS) is 1. The predicted molar refractivity (Wildman–Crippen MR) is 118 cm³/mol. The average Bonchev–Trinajstić information content (AvgIpc) is 3.54. The van der Waals surface area contributed by atoms with E-state index in [2.05, 4.69) is 10.00 Å². The molecule has 1 saturated heterocycles. The van der Waals surface area contributed by atoms with Gasteiger partial charge < -0.3 is 9.84 Å². The van der Waals surface area contributed by atoms with E-state index < -0.39 is 28.9 Å². The zero-order chi connectivity index (χ0) is 25.4. The van der Waals surface area contributed by atoms with Crippen LogP contribution in [0.25, 0.3) is 0 Å². The van der Waals surface area contributed by atoms with Gasteiger partial charge in [0.05, 0.1) is 6.54 Å². The molecule has 35 heavy (non-hydrogen) atoms. The Bertz CT molecular complexity index is 1210. The largest absolute Gasteiger partial charge is 0.490 e. The Kier molecular flexibility index (Phi) is 7.07. The third-order valence-corrected chi connectivity index (χ3v) is 6.50. The lowest BCUT2D eigenvalue weighted by molar-refractivity contribution is -0.192. The van der Waals surface area contributed by atoms with Crippen molar-refractivity contribution in [3.8, 4) is 0 Å². The summed E-state index contributed by atoms with van der Waals surface area (Å²) in [5.41, 5.74) is -0.215. The second-order valence-electron chi connectivity index (χ2n) is 9.10. The summed E-state index contributed by atoms with van der Waals surface area (Å²) in [6.07, 6.45) is -2.04. The summed E-state index contributed by atoms with van der Waals surface area (Å²) >= 11 is 5.96. The lowest BCUT2D eigenvalue weighted by atomic mass is 10.0. The minimum atomic E-state index is -5.08. The van der Waals surface area contributed by atoms with Crippen LogP contribution in [-0.4, -0.2) is 55.2 Å². The Labute approximate surface area is 202 Å². The van der Waals surface area contributed by atoms with Gasteiger partial charge in [0.25, 0.3) is 0 Å². The first-order valence-electron chi connectivity index (χ1n) is 11.1. The third-order valence-electron chi connectivity index (χ3n) is 6.25. The van der Waals surface area contributed by atoms with E-state index in [1.165, 1.54) is 10.2 Å². The molecule has 5 rings (SSSR count). The Morgan fingerprint density at radius 3 is 2.43 bits per heavy atom. The molecule has 3 heterocycles. The molecular formula is C22H24ClF3N4O5. The van der Waals surface area contributed by atoms with Crippen molar-refractivity contribution in [3.05, 3.63) is 61.4 Å². The maximum absolute atomic E-state index is 12.7. The number of carboxylic acids is 1. The molecule has 1 saturated carbocycles. The van der Waals surface area contributed by atoms with E-state index in [0.29, 0.717) is 24.8 Å². The number of ether oxygens (including phenoxy) is 1. The summed E-state index contributed by atoms with van der Waals surface area (Å²) < 4.78 is 40.8. The molecule has 190 valence electrons. The van der Waals surface area contributed by atoms with Crippen LogP contribution in [0.3, 0.4) is 0 Å². The van der Waals surface area contributed by atoms with E-state index in [1.807, 2.05) is 24.3 Å². The molecule has 1 unspecified atom stereocenters. The molecule has 2 aliphatic heterocycles. The SMILES string of the molecule is O=C(O)C(F)(F)F.O=c1c(=O)n2c(nn1CC1CC1)COC1(CCN(Cc3ccc(Cl)cc3)C1)C2. The molecule has 0 bridgehead atoms. The first-order valence-corrected chi connectivity index (χ1v) is 11.5. The molecule has 13 heteroatoms. The number of alkyl halides is 3. The van der Waals surface area contributed by atoms with Crippen molar-refractivity contribution in [2.45, 2.75) is 57.3 Å². The minimum Gasteiger partial charge on any atom is -0.475 e.